The summed E-state index contributed by atoms with van der Waals surface area (Å²) in [6, 6.07) is 5.38. The van der Waals surface area contributed by atoms with E-state index in [1.807, 2.05) is 6.07 Å². The molecule has 10 nitrogen and oxygen atoms in total. The summed E-state index contributed by atoms with van der Waals surface area (Å²) in [7, 11) is -3.47. The highest BCUT2D eigenvalue weighted by molar-refractivity contribution is 7.86. The smallest absolute Gasteiger partial charge is 0.292 e. The zero-order valence-electron chi connectivity index (χ0n) is 15.6. The molecule has 2 heterocycles. The summed E-state index contributed by atoms with van der Waals surface area (Å²) < 4.78 is 33.8. The van der Waals surface area contributed by atoms with Crippen LogP contribution in [0.5, 0.6) is 0 Å². The normalized spacial score (nSPS) is 22.2. The van der Waals surface area contributed by atoms with Gasteiger partial charge in [0.05, 0.1) is 18.1 Å². The van der Waals surface area contributed by atoms with E-state index in [9.17, 15) is 18.5 Å². The van der Waals surface area contributed by atoms with Crippen LogP contribution in [-0.4, -0.2) is 80.5 Å². The van der Waals surface area contributed by atoms with Crippen LogP contribution in [0.15, 0.2) is 18.2 Å². The molecule has 1 aromatic carbocycles. The molecule has 1 N–H and O–H groups in total. The fourth-order valence-electron chi connectivity index (χ4n) is 3.56. The molecule has 0 radical (unpaired) electrons. The molecule has 0 unspecified atom stereocenters. The fourth-order valence-corrected chi connectivity index (χ4v) is 5.12. The van der Waals surface area contributed by atoms with Gasteiger partial charge in [-0.1, -0.05) is 0 Å². The van der Waals surface area contributed by atoms with E-state index in [-0.39, 0.29) is 10.6 Å². The van der Waals surface area contributed by atoms with Crippen molar-refractivity contribution in [3.8, 4) is 0 Å². The molecular formula is C17H25N5O5S. The maximum absolute atomic E-state index is 12.8. The third-order valence-corrected chi connectivity index (χ3v) is 7.38. The van der Waals surface area contributed by atoms with Crippen LogP contribution < -0.4 is 10.2 Å². The summed E-state index contributed by atoms with van der Waals surface area (Å²) in [5, 5.41) is 14.5. The van der Waals surface area contributed by atoms with Gasteiger partial charge >= 0.3 is 0 Å². The SMILES string of the molecule is O=[N+]([O-])c1ccc(N2CCN(S(=O)(=O)N3CCOCC3)CC2)cc1NC1CC1. The number of anilines is 2. The van der Waals surface area contributed by atoms with Crippen LogP contribution in [0.1, 0.15) is 12.8 Å². The summed E-state index contributed by atoms with van der Waals surface area (Å²) in [5.74, 6) is 0. The number of ether oxygens (including phenoxy) is 1. The van der Waals surface area contributed by atoms with Crippen molar-refractivity contribution >= 4 is 27.3 Å². The van der Waals surface area contributed by atoms with Gasteiger partial charge in [-0.3, -0.25) is 10.1 Å². The van der Waals surface area contributed by atoms with Crippen LogP contribution in [0.3, 0.4) is 0 Å². The number of piperazine rings is 1. The van der Waals surface area contributed by atoms with E-state index in [2.05, 4.69) is 10.2 Å². The van der Waals surface area contributed by atoms with Crippen LogP contribution >= 0.6 is 0 Å². The minimum atomic E-state index is -3.47. The van der Waals surface area contributed by atoms with Gasteiger partial charge in [-0.2, -0.15) is 17.0 Å². The predicted octanol–water partition coefficient (Wildman–Crippen LogP) is 0.868. The number of nitrogens with zero attached hydrogens (tertiary/aromatic N) is 4. The van der Waals surface area contributed by atoms with Gasteiger partial charge in [0.1, 0.15) is 5.69 Å². The average molecular weight is 411 g/mol. The molecule has 0 atom stereocenters. The molecule has 11 heteroatoms. The predicted molar refractivity (Wildman–Crippen MR) is 105 cm³/mol. The Kier molecular flexibility index (Phi) is 5.41. The van der Waals surface area contributed by atoms with Gasteiger partial charge in [-0.15, -0.1) is 0 Å². The van der Waals surface area contributed by atoms with Crippen molar-refractivity contribution in [2.45, 2.75) is 18.9 Å². The molecular weight excluding hydrogens is 386 g/mol. The molecule has 1 aliphatic carbocycles. The van der Waals surface area contributed by atoms with Crippen molar-refractivity contribution in [2.75, 3.05) is 62.7 Å². The number of rotatable bonds is 6. The molecule has 3 aliphatic rings. The highest BCUT2D eigenvalue weighted by atomic mass is 32.2. The molecule has 2 aliphatic heterocycles. The fraction of sp³-hybridized carbons (Fsp3) is 0.647. The minimum absolute atomic E-state index is 0.0733. The Morgan fingerprint density at radius 2 is 1.68 bits per heavy atom. The molecule has 4 rings (SSSR count). The van der Waals surface area contributed by atoms with Crippen LogP contribution in [0.2, 0.25) is 0 Å². The zero-order chi connectivity index (χ0) is 19.7. The van der Waals surface area contributed by atoms with Gasteiger partial charge in [0.2, 0.25) is 0 Å². The van der Waals surface area contributed by atoms with E-state index in [0.717, 1.165) is 18.5 Å². The summed E-state index contributed by atoms with van der Waals surface area (Å²) in [5.41, 5.74) is 1.48. The topological polar surface area (TPSA) is 108 Å². The number of hydrogen-bond donors (Lipinski definition) is 1. The Balaban J connectivity index is 1.44. The molecule has 0 bridgehead atoms. The average Bonchev–Trinajstić information content (AvgIpc) is 3.52. The summed E-state index contributed by atoms with van der Waals surface area (Å²) in [6.07, 6.45) is 2.05. The first-order valence-electron chi connectivity index (χ1n) is 9.58. The maximum Gasteiger partial charge on any atom is 0.292 e. The van der Waals surface area contributed by atoms with E-state index >= 15 is 0 Å². The summed E-state index contributed by atoms with van der Waals surface area (Å²) in [6.45, 7) is 3.51. The lowest BCUT2D eigenvalue weighted by atomic mass is 10.2. The molecule has 0 aromatic heterocycles. The molecule has 28 heavy (non-hydrogen) atoms. The number of morpholine rings is 1. The van der Waals surface area contributed by atoms with E-state index in [1.165, 1.54) is 14.7 Å². The van der Waals surface area contributed by atoms with E-state index in [0.29, 0.717) is 64.2 Å². The summed E-state index contributed by atoms with van der Waals surface area (Å²) >= 11 is 0. The third-order valence-electron chi connectivity index (χ3n) is 5.34. The van der Waals surface area contributed by atoms with Gasteiger partial charge in [0.25, 0.3) is 15.9 Å². The third kappa shape index (κ3) is 4.07. The molecule has 1 saturated carbocycles. The van der Waals surface area contributed by atoms with Gasteiger partial charge in [-0.05, 0) is 25.0 Å². The van der Waals surface area contributed by atoms with Gasteiger partial charge in [0, 0.05) is 57.1 Å². The second kappa shape index (κ2) is 7.82. The lowest BCUT2D eigenvalue weighted by molar-refractivity contribution is -0.384. The standard InChI is InChI=1S/C17H25N5O5S/c23-22(24)17-4-3-15(13-16(17)18-14-1-2-14)19-5-7-20(8-6-19)28(25,26)21-9-11-27-12-10-21/h3-4,13-14,18H,1-2,5-12H2. The van der Waals surface area contributed by atoms with Crippen LogP contribution in [0.4, 0.5) is 17.1 Å². The van der Waals surface area contributed by atoms with E-state index < -0.39 is 10.2 Å². The first-order chi connectivity index (χ1) is 13.4. The van der Waals surface area contributed by atoms with E-state index in [1.54, 1.807) is 6.07 Å². The Labute approximate surface area is 164 Å². The quantitative estimate of drug-likeness (QED) is 0.546. The highest BCUT2D eigenvalue weighted by Gasteiger charge is 2.33. The maximum atomic E-state index is 12.8. The summed E-state index contributed by atoms with van der Waals surface area (Å²) in [4.78, 5) is 13.0. The van der Waals surface area contributed by atoms with Gasteiger partial charge in [-0.25, -0.2) is 0 Å². The molecule has 3 fully saturated rings. The number of hydrogen-bond acceptors (Lipinski definition) is 7. The van der Waals surface area contributed by atoms with Crippen molar-refractivity contribution in [1.29, 1.82) is 0 Å². The second-order valence-electron chi connectivity index (χ2n) is 7.28. The monoisotopic (exact) mass is 411 g/mol. The first kappa shape index (κ1) is 19.4. The van der Waals surface area contributed by atoms with Crippen molar-refractivity contribution in [2.24, 2.45) is 0 Å². The number of nitro benzene ring substituents is 1. The Hall–Kier alpha value is -1.95. The van der Waals surface area contributed by atoms with Crippen molar-refractivity contribution in [3.63, 3.8) is 0 Å². The van der Waals surface area contributed by atoms with Gasteiger partial charge < -0.3 is 15.0 Å². The van der Waals surface area contributed by atoms with Crippen molar-refractivity contribution in [3.05, 3.63) is 28.3 Å². The molecule has 0 amide bonds. The van der Waals surface area contributed by atoms with Crippen molar-refractivity contribution < 1.29 is 18.1 Å². The van der Waals surface area contributed by atoms with Gasteiger partial charge in [0.15, 0.2) is 0 Å². The number of benzene rings is 1. The van der Waals surface area contributed by atoms with Crippen molar-refractivity contribution in [1.82, 2.24) is 8.61 Å². The molecule has 154 valence electrons. The Morgan fingerprint density at radius 3 is 2.29 bits per heavy atom. The van der Waals surface area contributed by atoms with Crippen LogP contribution in [-0.2, 0) is 14.9 Å². The number of nitrogens with one attached hydrogen (secondary N) is 1. The first-order valence-corrected chi connectivity index (χ1v) is 11.0. The zero-order valence-corrected chi connectivity index (χ0v) is 16.4. The Bertz CT molecular complexity index is 830. The van der Waals surface area contributed by atoms with E-state index in [4.69, 9.17) is 4.74 Å². The van der Waals surface area contributed by atoms with Crippen LogP contribution in [0, 0.1) is 10.1 Å². The lowest BCUT2D eigenvalue weighted by Crippen LogP contribution is -2.55. The highest BCUT2D eigenvalue weighted by Crippen LogP contribution is 2.34. The molecule has 1 aromatic rings. The largest absolute Gasteiger partial charge is 0.379 e. The molecule has 2 saturated heterocycles. The van der Waals surface area contributed by atoms with Crippen LogP contribution in [0.25, 0.3) is 0 Å². The Morgan fingerprint density at radius 1 is 1.04 bits per heavy atom. The lowest BCUT2D eigenvalue weighted by Gasteiger charge is -2.38. The number of nitro groups is 1. The molecule has 0 spiro atoms. The minimum Gasteiger partial charge on any atom is -0.379 e. The second-order valence-corrected chi connectivity index (χ2v) is 9.21.